The Kier molecular flexibility index (Phi) is 3.51. The molecule has 3 rings (SSSR count). The fraction of sp³-hybridized carbons (Fsp3) is 0.294. The predicted molar refractivity (Wildman–Crippen MR) is 77.3 cm³/mol. The summed E-state index contributed by atoms with van der Waals surface area (Å²) in [5.74, 6) is 1.03. The van der Waals surface area contributed by atoms with E-state index in [1.54, 1.807) is 0 Å². The molecule has 0 spiro atoms. The summed E-state index contributed by atoms with van der Waals surface area (Å²) in [6, 6.07) is 17.0. The largest absolute Gasteiger partial charge is 0.493 e. The van der Waals surface area contributed by atoms with E-state index in [1.165, 1.54) is 16.7 Å². The molecule has 1 aliphatic heterocycles. The zero-order valence-corrected chi connectivity index (χ0v) is 11.0. The van der Waals surface area contributed by atoms with Crippen molar-refractivity contribution >= 4 is 0 Å². The van der Waals surface area contributed by atoms with E-state index in [0.29, 0.717) is 0 Å². The van der Waals surface area contributed by atoms with Crippen LogP contribution in [0.3, 0.4) is 0 Å². The van der Waals surface area contributed by atoms with Gasteiger partial charge in [0.25, 0.3) is 0 Å². The van der Waals surface area contributed by atoms with Gasteiger partial charge >= 0.3 is 0 Å². The molecule has 2 heteroatoms. The Morgan fingerprint density at radius 1 is 1.11 bits per heavy atom. The van der Waals surface area contributed by atoms with Crippen molar-refractivity contribution in [2.75, 3.05) is 6.61 Å². The van der Waals surface area contributed by atoms with Gasteiger partial charge in [-0.05, 0) is 35.6 Å². The number of hydrogen-bond acceptors (Lipinski definition) is 2. The topological polar surface area (TPSA) is 35.2 Å². The maximum absolute atomic E-state index is 6.30. The minimum atomic E-state index is 0.103. The van der Waals surface area contributed by atoms with Gasteiger partial charge in [-0.3, -0.25) is 0 Å². The van der Waals surface area contributed by atoms with Crippen LogP contribution in [0.4, 0.5) is 0 Å². The van der Waals surface area contributed by atoms with Crippen LogP contribution in [-0.2, 0) is 12.8 Å². The van der Waals surface area contributed by atoms with Crippen LogP contribution >= 0.6 is 0 Å². The molecule has 0 aromatic heterocycles. The first kappa shape index (κ1) is 12.2. The number of rotatable bonds is 4. The van der Waals surface area contributed by atoms with Gasteiger partial charge in [-0.15, -0.1) is 0 Å². The second-order valence-corrected chi connectivity index (χ2v) is 5.10. The molecule has 0 bridgehead atoms. The molecule has 0 radical (unpaired) electrons. The zero-order valence-electron chi connectivity index (χ0n) is 11.0. The first-order valence-corrected chi connectivity index (χ1v) is 6.88. The van der Waals surface area contributed by atoms with Gasteiger partial charge in [0.15, 0.2) is 0 Å². The minimum Gasteiger partial charge on any atom is -0.493 e. The van der Waals surface area contributed by atoms with Crippen molar-refractivity contribution in [3.63, 3.8) is 0 Å². The first-order valence-electron chi connectivity index (χ1n) is 6.88. The van der Waals surface area contributed by atoms with Gasteiger partial charge in [-0.2, -0.15) is 0 Å². The Balaban J connectivity index is 1.65. The summed E-state index contributed by atoms with van der Waals surface area (Å²) >= 11 is 0. The van der Waals surface area contributed by atoms with Crippen molar-refractivity contribution in [1.82, 2.24) is 0 Å². The number of hydrogen-bond donors (Lipinski definition) is 1. The molecule has 1 unspecified atom stereocenters. The molecule has 0 fully saturated rings. The highest BCUT2D eigenvalue weighted by Crippen LogP contribution is 2.28. The molecule has 1 heterocycles. The third-order valence-electron chi connectivity index (χ3n) is 3.73. The van der Waals surface area contributed by atoms with Gasteiger partial charge in [-0.25, -0.2) is 0 Å². The van der Waals surface area contributed by atoms with Crippen molar-refractivity contribution in [1.29, 1.82) is 0 Å². The molecule has 2 aromatic carbocycles. The van der Waals surface area contributed by atoms with E-state index in [4.69, 9.17) is 10.5 Å². The van der Waals surface area contributed by atoms with E-state index in [-0.39, 0.29) is 6.04 Å². The van der Waals surface area contributed by atoms with Crippen molar-refractivity contribution in [2.24, 2.45) is 5.73 Å². The monoisotopic (exact) mass is 253 g/mol. The Bertz CT molecular complexity index is 550. The van der Waals surface area contributed by atoms with Crippen LogP contribution in [0.2, 0.25) is 0 Å². The molecule has 1 aliphatic rings. The van der Waals surface area contributed by atoms with Gasteiger partial charge in [0.2, 0.25) is 0 Å². The normalized spacial score (nSPS) is 14.8. The van der Waals surface area contributed by atoms with E-state index >= 15 is 0 Å². The predicted octanol–water partition coefficient (Wildman–Crippen LogP) is 3.25. The number of benzene rings is 2. The zero-order chi connectivity index (χ0) is 13.1. The highest BCUT2D eigenvalue weighted by Gasteiger charge is 2.14. The van der Waals surface area contributed by atoms with Crippen molar-refractivity contribution < 1.29 is 4.74 Å². The minimum absolute atomic E-state index is 0.103. The Labute approximate surface area is 114 Å². The lowest BCUT2D eigenvalue weighted by molar-refractivity contribution is 0.357. The molecule has 2 N–H and O–H groups in total. The van der Waals surface area contributed by atoms with Crippen molar-refractivity contribution in [3.8, 4) is 5.75 Å². The molecule has 1 atom stereocenters. The fourth-order valence-electron chi connectivity index (χ4n) is 2.57. The van der Waals surface area contributed by atoms with Gasteiger partial charge < -0.3 is 10.5 Å². The third kappa shape index (κ3) is 2.79. The smallest absolute Gasteiger partial charge is 0.122 e. The molecule has 2 nitrogen and oxygen atoms in total. The van der Waals surface area contributed by atoms with E-state index in [1.807, 2.05) is 6.07 Å². The van der Waals surface area contributed by atoms with E-state index in [2.05, 4.69) is 42.5 Å². The molecular weight excluding hydrogens is 234 g/mol. The highest BCUT2D eigenvalue weighted by atomic mass is 16.5. The molecule has 0 amide bonds. The summed E-state index contributed by atoms with van der Waals surface area (Å²) in [6.07, 6.45) is 3.01. The second-order valence-electron chi connectivity index (χ2n) is 5.10. The van der Waals surface area contributed by atoms with Crippen LogP contribution in [-0.4, -0.2) is 6.61 Å². The number of ether oxygens (including phenoxy) is 1. The average molecular weight is 253 g/mol. The van der Waals surface area contributed by atoms with Crippen LogP contribution in [0, 0.1) is 0 Å². The van der Waals surface area contributed by atoms with E-state index in [9.17, 15) is 0 Å². The summed E-state index contributed by atoms with van der Waals surface area (Å²) in [5, 5.41) is 0. The SMILES string of the molecule is NC(CCc1ccccc1)c1ccc2c(c1)CCO2. The van der Waals surface area contributed by atoms with Crippen LogP contribution < -0.4 is 10.5 Å². The Morgan fingerprint density at radius 2 is 1.95 bits per heavy atom. The summed E-state index contributed by atoms with van der Waals surface area (Å²) < 4.78 is 5.52. The van der Waals surface area contributed by atoms with Crippen LogP contribution in [0.1, 0.15) is 29.2 Å². The first-order chi connectivity index (χ1) is 9.33. The number of aryl methyl sites for hydroxylation is 1. The lowest BCUT2D eigenvalue weighted by Gasteiger charge is -2.13. The summed E-state index contributed by atoms with van der Waals surface area (Å²) in [5.41, 5.74) is 10.2. The molecule has 98 valence electrons. The molecule has 0 saturated carbocycles. The van der Waals surface area contributed by atoms with Gasteiger partial charge in [0.1, 0.15) is 5.75 Å². The number of nitrogens with two attached hydrogens (primary N) is 1. The molecule has 0 aliphatic carbocycles. The Morgan fingerprint density at radius 3 is 2.79 bits per heavy atom. The van der Waals surface area contributed by atoms with Crippen molar-refractivity contribution in [3.05, 3.63) is 65.2 Å². The lowest BCUT2D eigenvalue weighted by Crippen LogP contribution is -2.11. The van der Waals surface area contributed by atoms with Crippen LogP contribution in [0.5, 0.6) is 5.75 Å². The average Bonchev–Trinajstić information content (AvgIpc) is 2.93. The van der Waals surface area contributed by atoms with Gasteiger partial charge in [0, 0.05) is 12.5 Å². The number of fused-ring (bicyclic) bond motifs is 1. The van der Waals surface area contributed by atoms with Crippen LogP contribution in [0.25, 0.3) is 0 Å². The summed E-state index contributed by atoms with van der Waals surface area (Å²) in [6.45, 7) is 0.804. The van der Waals surface area contributed by atoms with Crippen molar-refractivity contribution in [2.45, 2.75) is 25.3 Å². The lowest BCUT2D eigenvalue weighted by atomic mass is 9.97. The fourth-order valence-corrected chi connectivity index (χ4v) is 2.57. The maximum Gasteiger partial charge on any atom is 0.122 e. The Hall–Kier alpha value is -1.80. The molecule has 0 saturated heterocycles. The van der Waals surface area contributed by atoms with E-state index < -0.39 is 0 Å². The van der Waals surface area contributed by atoms with Crippen LogP contribution in [0.15, 0.2) is 48.5 Å². The molecule has 2 aromatic rings. The quantitative estimate of drug-likeness (QED) is 0.907. The van der Waals surface area contributed by atoms with Gasteiger partial charge in [0.05, 0.1) is 6.61 Å². The highest BCUT2D eigenvalue weighted by molar-refractivity contribution is 5.40. The van der Waals surface area contributed by atoms with Gasteiger partial charge in [-0.1, -0.05) is 42.5 Å². The molecule has 19 heavy (non-hydrogen) atoms. The molecular formula is C17H19NO. The standard InChI is InChI=1S/C17H19NO/c18-16(8-6-13-4-2-1-3-5-13)14-7-9-17-15(12-14)10-11-19-17/h1-5,7,9,12,16H,6,8,10-11,18H2. The summed E-state index contributed by atoms with van der Waals surface area (Å²) in [7, 11) is 0. The maximum atomic E-state index is 6.30. The summed E-state index contributed by atoms with van der Waals surface area (Å²) in [4.78, 5) is 0. The van der Waals surface area contributed by atoms with E-state index in [0.717, 1.165) is 31.6 Å². The second kappa shape index (κ2) is 5.45. The third-order valence-corrected chi connectivity index (χ3v) is 3.73.